The third kappa shape index (κ3) is 12.5. The third-order valence-corrected chi connectivity index (χ3v) is 8.21. The molecule has 0 aliphatic rings. The van der Waals surface area contributed by atoms with E-state index in [2.05, 4.69) is 30.4 Å². The molecule has 0 heterocycles. The Kier molecular flexibility index (Phi) is 13.5. The lowest BCUT2D eigenvalue weighted by molar-refractivity contribution is -0.119. The van der Waals surface area contributed by atoms with Crippen molar-refractivity contribution in [3.8, 4) is 0 Å². The zero-order chi connectivity index (χ0) is 27.2. The van der Waals surface area contributed by atoms with Crippen LogP contribution in [0.15, 0.2) is 83.1 Å². The Balaban J connectivity index is 1.56. The summed E-state index contributed by atoms with van der Waals surface area (Å²) in [5.74, 6) is -0.0927. The molecule has 0 unspecified atom stereocenters. The molecule has 2 N–H and O–H groups in total. The van der Waals surface area contributed by atoms with Crippen molar-refractivity contribution >= 4 is 57.7 Å². The number of anilines is 2. The third-order valence-electron chi connectivity index (χ3n) is 5.35. The summed E-state index contributed by atoms with van der Waals surface area (Å²) in [6.45, 7) is 12.2. The normalized spacial score (nSPS) is 10.5. The SMILES string of the molecule is C=C(CCCC(=C)SC(=C)NC(=O)Cc1ccc(NC)cc1)SCSC(=O)Cc1ccc(N(C)C)cc1. The highest BCUT2D eigenvalue weighted by atomic mass is 32.2. The molecule has 2 aromatic carbocycles. The first kappa shape index (κ1) is 30.7. The Labute approximate surface area is 234 Å². The molecule has 8 heteroatoms. The van der Waals surface area contributed by atoms with Gasteiger partial charge in [-0.2, -0.15) is 0 Å². The average molecular weight is 556 g/mol. The summed E-state index contributed by atoms with van der Waals surface area (Å²) in [7, 11) is 5.86. The van der Waals surface area contributed by atoms with Crippen LogP contribution in [0.4, 0.5) is 11.4 Å². The molecule has 0 aromatic heterocycles. The van der Waals surface area contributed by atoms with E-state index in [4.69, 9.17) is 0 Å². The molecule has 0 saturated carbocycles. The van der Waals surface area contributed by atoms with Crippen LogP contribution in [0.5, 0.6) is 0 Å². The van der Waals surface area contributed by atoms with Gasteiger partial charge in [-0.15, -0.1) is 11.8 Å². The molecule has 0 spiro atoms. The van der Waals surface area contributed by atoms with Gasteiger partial charge in [0, 0.05) is 38.9 Å². The van der Waals surface area contributed by atoms with Gasteiger partial charge in [0.1, 0.15) is 0 Å². The van der Waals surface area contributed by atoms with E-state index in [0.717, 1.165) is 51.6 Å². The predicted octanol–water partition coefficient (Wildman–Crippen LogP) is 7.05. The molecule has 37 heavy (non-hydrogen) atoms. The number of hydrogen-bond acceptors (Lipinski definition) is 7. The van der Waals surface area contributed by atoms with E-state index in [1.54, 1.807) is 11.8 Å². The summed E-state index contributed by atoms with van der Waals surface area (Å²) in [6, 6.07) is 15.8. The standard InChI is InChI=1S/C29H37N3O2S3/c1-21(35-20-36-29(34)19-25-12-16-27(17-13-25)32(5)6)8-7-9-22(2)37-23(3)31-28(33)18-24-10-14-26(30-4)15-11-24/h10-17,30H,1-3,7-9,18-20H2,4-6H3,(H,31,33). The second-order valence-electron chi connectivity index (χ2n) is 8.64. The lowest BCUT2D eigenvalue weighted by Gasteiger charge is -2.12. The fraction of sp³-hybridized carbons (Fsp3) is 0.310. The van der Waals surface area contributed by atoms with Crippen molar-refractivity contribution in [1.82, 2.24) is 5.32 Å². The number of carbonyl (C=O) groups is 2. The van der Waals surface area contributed by atoms with Crippen LogP contribution in [0.1, 0.15) is 30.4 Å². The minimum absolute atomic E-state index is 0.0927. The van der Waals surface area contributed by atoms with Crippen molar-refractivity contribution in [3.05, 3.63) is 94.2 Å². The van der Waals surface area contributed by atoms with Crippen molar-refractivity contribution in [2.24, 2.45) is 0 Å². The first-order valence-electron chi connectivity index (χ1n) is 12.0. The maximum atomic E-state index is 12.3. The molecule has 2 aromatic rings. The summed E-state index contributed by atoms with van der Waals surface area (Å²) in [5, 5.41) is 7.33. The minimum atomic E-state index is -0.0927. The Morgan fingerprint density at radius 3 is 2.05 bits per heavy atom. The molecule has 198 valence electrons. The Morgan fingerprint density at radius 1 is 0.838 bits per heavy atom. The number of hydrogen-bond donors (Lipinski definition) is 2. The number of benzene rings is 2. The van der Waals surface area contributed by atoms with E-state index in [1.807, 2.05) is 74.6 Å². The van der Waals surface area contributed by atoms with Crippen molar-refractivity contribution < 1.29 is 9.59 Å². The molecule has 0 atom stereocenters. The van der Waals surface area contributed by atoms with Gasteiger partial charge in [-0.25, -0.2) is 0 Å². The summed E-state index contributed by atoms with van der Waals surface area (Å²) >= 11 is 4.37. The number of nitrogens with one attached hydrogen (secondary N) is 2. The van der Waals surface area contributed by atoms with E-state index in [1.165, 1.54) is 23.5 Å². The van der Waals surface area contributed by atoms with Crippen molar-refractivity contribution in [3.63, 3.8) is 0 Å². The van der Waals surface area contributed by atoms with Gasteiger partial charge in [0.15, 0.2) is 5.12 Å². The van der Waals surface area contributed by atoms with Crippen LogP contribution in [0.3, 0.4) is 0 Å². The Bertz CT molecular complexity index is 1080. The summed E-state index contributed by atoms with van der Waals surface area (Å²) in [4.78, 5) is 28.6. The highest BCUT2D eigenvalue weighted by Crippen LogP contribution is 2.29. The van der Waals surface area contributed by atoms with Crippen LogP contribution in [-0.4, -0.2) is 37.3 Å². The average Bonchev–Trinajstić information content (AvgIpc) is 2.84. The number of amides is 1. The first-order valence-corrected chi connectivity index (χ1v) is 14.8. The highest BCUT2D eigenvalue weighted by Gasteiger charge is 2.09. The quantitative estimate of drug-likeness (QED) is 0.215. The van der Waals surface area contributed by atoms with Gasteiger partial charge in [0.05, 0.1) is 16.5 Å². The van der Waals surface area contributed by atoms with Gasteiger partial charge >= 0.3 is 0 Å². The second-order valence-corrected chi connectivity index (χ2v) is 12.5. The molecule has 5 nitrogen and oxygen atoms in total. The summed E-state index contributed by atoms with van der Waals surface area (Å²) in [6.07, 6.45) is 3.31. The molecule has 0 bridgehead atoms. The summed E-state index contributed by atoms with van der Waals surface area (Å²) in [5.41, 5.74) is 4.11. The van der Waals surface area contributed by atoms with Gasteiger partial charge in [0.2, 0.25) is 5.91 Å². The molecule has 2 rings (SSSR count). The van der Waals surface area contributed by atoms with Gasteiger partial charge in [-0.3, -0.25) is 9.59 Å². The zero-order valence-corrected chi connectivity index (χ0v) is 24.4. The Hall–Kier alpha value is -2.55. The molecule has 0 fully saturated rings. The van der Waals surface area contributed by atoms with Crippen molar-refractivity contribution in [1.29, 1.82) is 0 Å². The van der Waals surface area contributed by atoms with Gasteiger partial charge in [-0.1, -0.05) is 67.5 Å². The fourth-order valence-electron chi connectivity index (χ4n) is 3.29. The number of nitrogens with zero attached hydrogens (tertiary/aromatic N) is 1. The van der Waals surface area contributed by atoms with E-state index >= 15 is 0 Å². The van der Waals surface area contributed by atoms with E-state index < -0.39 is 0 Å². The van der Waals surface area contributed by atoms with E-state index in [0.29, 0.717) is 23.0 Å². The monoisotopic (exact) mass is 555 g/mol. The van der Waals surface area contributed by atoms with Crippen LogP contribution < -0.4 is 15.5 Å². The number of allylic oxidation sites excluding steroid dienone is 2. The molecule has 0 saturated heterocycles. The predicted molar refractivity (Wildman–Crippen MR) is 166 cm³/mol. The fourth-order valence-corrected chi connectivity index (χ4v) is 6.03. The van der Waals surface area contributed by atoms with E-state index in [9.17, 15) is 9.59 Å². The topological polar surface area (TPSA) is 61.4 Å². The van der Waals surface area contributed by atoms with Crippen LogP contribution in [0, 0.1) is 0 Å². The molecule has 0 aliphatic heterocycles. The summed E-state index contributed by atoms with van der Waals surface area (Å²) < 4.78 is 0. The van der Waals surface area contributed by atoms with Crippen molar-refractivity contribution in [2.75, 3.05) is 36.4 Å². The van der Waals surface area contributed by atoms with Gasteiger partial charge < -0.3 is 15.5 Å². The molecule has 0 aliphatic carbocycles. The molecule has 1 amide bonds. The lowest BCUT2D eigenvalue weighted by Crippen LogP contribution is -2.22. The molecule has 0 radical (unpaired) electrons. The smallest absolute Gasteiger partial charge is 0.229 e. The van der Waals surface area contributed by atoms with Crippen LogP contribution >= 0.6 is 35.3 Å². The molecular weight excluding hydrogens is 519 g/mol. The second kappa shape index (κ2) is 16.3. The van der Waals surface area contributed by atoms with E-state index in [-0.39, 0.29) is 11.0 Å². The maximum absolute atomic E-state index is 12.3. The maximum Gasteiger partial charge on any atom is 0.229 e. The lowest BCUT2D eigenvalue weighted by atomic mass is 10.1. The van der Waals surface area contributed by atoms with Crippen LogP contribution in [-0.2, 0) is 22.4 Å². The number of rotatable bonds is 16. The highest BCUT2D eigenvalue weighted by molar-refractivity contribution is 8.24. The Morgan fingerprint density at radius 2 is 1.43 bits per heavy atom. The number of thioether (sulfide) groups is 3. The molecular formula is C29H37N3O2S3. The zero-order valence-electron chi connectivity index (χ0n) is 22.0. The van der Waals surface area contributed by atoms with Gasteiger partial charge in [0.25, 0.3) is 0 Å². The largest absolute Gasteiger partial charge is 0.388 e. The number of carbonyl (C=O) groups excluding carboxylic acids is 2. The van der Waals surface area contributed by atoms with Gasteiger partial charge in [-0.05, 0) is 64.5 Å². The minimum Gasteiger partial charge on any atom is -0.388 e. The van der Waals surface area contributed by atoms with Crippen molar-refractivity contribution in [2.45, 2.75) is 32.1 Å². The van der Waals surface area contributed by atoms with Crippen LogP contribution in [0.25, 0.3) is 0 Å². The first-order chi connectivity index (χ1) is 17.7. The van der Waals surface area contributed by atoms with Crippen LogP contribution in [0.2, 0.25) is 0 Å².